The van der Waals surface area contributed by atoms with Crippen LogP contribution in [0, 0.1) is 11.8 Å². The maximum atomic E-state index is 11.9. The quantitative estimate of drug-likeness (QED) is 0.618. The Morgan fingerprint density at radius 1 is 1.39 bits per heavy atom. The largest absolute Gasteiger partial charge is 0.573 e. The molecule has 1 rings (SSSR count). The fourth-order valence-electron chi connectivity index (χ4n) is 0.984. The fraction of sp³-hybridized carbons (Fsp3) is 0.182. The van der Waals surface area contributed by atoms with Crippen LogP contribution < -0.4 is 4.74 Å². The summed E-state index contributed by atoms with van der Waals surface area (Å²) in [5, 5.41) is 9.37. The first-order valence-electron chi connectivity index (χ1n) is 4.50. The minimum atomic E-state index is -4.84. The van der Waals surface area contributed by atoms with Crippen molar-refractivity contribution in [3.05, 3.63) is 23.8 Å². The van der Waals surface area contributed by atoms with E-state index in [1.807, 2.05) is 5.92 Å². The van der Waals surface area contributed by atoms with Gasteiger partial charge in [-0.2, -0.15) is 0 Å². The molecule has 0 atom stereocenters. The number of hydrogen-bond donors (Lipinski definition) is 1. The molecule has 0 heterocycles. The number of hydrogen-bond acceptors (Lipinski definition) is 4. The van der Waals surface area contributed by atoms with Crippen molar-refractivity contribution >= 4 is 5.97 Å². The molecule has 0 aliphatic heterocycles. The number of ether oxygens (including phenoxy) is 2. The van der Waals surface area contributed by atoms with Gasteiger partial charge in [-0.25, -0.2) is 4.79 Å². The lowest BCUT2D eigenvalue weighted by molar-refractivity contribution is -0.274. The zero-order chi connectivity index (χ0) is 13.8. The highest BCUT2D eigenvalue weighted by molar-refractivity contribution is 5.89. The van der Waals surface area contributed by atoms with Crippen LogP contribution in [0.4, 0.5) is 13.2 Å². The van der Waals surface area contributed by atoms with Crippen molar-refractivity contribution in [2.24, 2.45) is 0 Å². The first-order chi connectivity index (χ1) is 8.31. The van der Waals surface area contributed by atoms with E-state index in [-0.39, 0.29) is 5.56 Å². The van der Waals surface area contributed by atoms with Crippen molar-refractivity contribution in [1.82, 2.24) is 0 Å². The summed E-state index contributed by atoms with van der Waals surface area (Å²) in [4.78, 5) is 10.7. The SMILES string of the molecule is COC(=O)C#Cc1ccc(OC(F)(F)F)cc1O. The van der Waals surface area contributed by atoms with Crippen LogP contribution in [0.2, 0.25) is 0 Å². The van der Waals surface area contributed by atoms with Gasteiger partial charge in [0.15, 0.2) is 0 Å². The Morgan fingerprint density at radius 2 is 2.06 bits per heavy atom. The molecule has 0 aliphatic carbocycles. The average molecular weight is 260 g/mol. The van der Waals surface area contributed by atoms with Crippen molar-refractivity contribution in [3.8, 4) is 23.3 Å². The van der Waals surface area contributed by atoms with E-state index < -0.39 is 23.8 Å². The molecule has 0 fully saturated rings. The second-order valence-electron chi connectivity index (χ2n) is 2.97. The molecule has 1 N–H and O–H groups in total. The number of phenolic OH excluding ortho intramolecular Hbond substituents is 1. The lowest BCUT2D eigenvalue weighted by atomic mass is 10.2. The average Bonchev–Trinajstić information content (AvgIpc) is 2.25. The standard InChI is InChI=1S/C11H7F3O4/c1-17-10(16)5-3-7-2-4-8(6-9(7)15)18-11(12,13)14/h2,4,6,15H,1H3. The predicted octanol–water partition coefficient (Wildman–Crippen LogP) is 1.82. The Balaban J connectivity index is 2.92. The van der Waals surface area contributed by atoms with Gasteiger partial charge in [0.2, 0.25) is 0 Å². The van der Waals surface area contributed by atoms with Crippen molar-refractivity contribution < 1.29 is 32.5 Å². The Kier molecular flexibility index (Phi) is 4.05. The van der Waals surface area contributed by atoms with Crippen LogP contribution in [0.5, 0.6) is 11.5 Å². The molecule has 0 bridgehead atoms. The number of phenols is 1. The number of aromatic hydroxyl groups is 1. The number of rotatable bonds is 1. The third kappa shape index (κ3) is 4.25. The molecule has 0 saturated carbocycles. The number of alkyl halides is 3. The molecule has 0 aromatic heterocycles. The van der Waals surface area contributed by atoms with Gasteiger partial charge in [0.25, 0.3) is 0 Å². The Bertz CT molecular complexity index is 511. The first kappa shape index (κ1) is 13.7. The molecular weight excluding hydrogens is 253 g/mol. The highest BCUT2D eigenvalue weighted by Crippen LogP contribution is 2.27. The smallest absolute Gasteiger partial charge is 0.507 e. The van der Waals surface area contributed by atoms with Crippen LogP contribution >= 0.6 is 0 Å². The Labute approximate surface area is 99.9 Å². The van der Waals surface area contributed by atoms with Crippen LogP contribution in [0.15, 0.2) is 18.2 Å². The van der Waals surface area contributed by atoms with Crippen LogP contribution in [0.3, 0.4) is 0 Å². The van der Waals surface area contributed by atoms with Gasteiger partial charge in [0.1, 0.15) is 11.5 Å². The van der Waals surface area contributed by atoms with E-state index in [4.69, 9.17) is 0 Å². The van der Waals surface area contributed by atoms with Crippen LogP contribution in [0.1, 0.15) is 5.56 Å². The monoisotopic (exact) mass is 260 g/mol. The highest BCUT2D eigenvalue weighted by Gasteiger charge is 2.31. The van der Waals surface area contributed by atoms with Crippen LogP contribution in [-0.2, 0) is 9.53 Å². The molecule has 96 valence electrons. The van der Waals surface area contributed by atoms with Gasteiger partial charge in [-0.05, 0) is 12.1 Å². The van der Waals surface area contributed by atoms with Crippen molar-refractivity contribution in [3.63, 3.8) is 0 Å². The van der Waals surface area contributed by atoms with E-state index in [1.165, 1.54) is 0 Å². The van der Waals surface area contributed by atoms with Gasteiger partial charge in [-0.1, -0.05) is 5.92 Å². The Hall–Kier alpha value is -2.36. The van der Waals surface area contributed by atoms with E-state index >= 15 is 0 Å². The molecule has 1 aromatic rings. The van der Waals surface area contributed by atoms with Gasteiger partial charge in [-0.3, -0.25) is 0 Å². The van der Waals surface area contributed by atoms with E-state index in [0.29, 0.717) is 0 Å². The lowest BCUT2D eigenvalue weighted by Gasteiger charge is -2.09. The summed E-state index contributed by atoms with van der Waals surface area (Å²) in [6.07, 6.45) is -4.84. The number of esters is 1. The van der Waals surface area contributed by atoms with Gasteiger partial charge in [-0.15, -0.1) is 13.2 Å². The van der Waals surface area contributed by atoms with Gasteiger partial charge < -0.3 is 14.6 Å². The molecule has 0 radical (unpaired) electrons. The summed E-state index contributed by atoms with van der Waals surface area (Å²) >= 11 is 0. The molecule has 0 aliphatic rings. The Morgan fingerprint density at radius 3 is 2.56 bits per heavy atom. The zero-order valence-electron chi connectivity index (χ0n) is 9.04. The van der Waals surface area contributed by atoms with Crippen molar-refractivity contribution in [2.45, 2.75) is 6.36 Å². The second-order valence-corrected chi connectivity index (χ2v) is 2.97. The molecule has 0 amide bonds. The van der Waals surface area contributed by atoms with E-state index in [9.17, 15) is 23.1 Å². The van der Waals surface area contributed by atoms with Crippen LogP contribution in [-0.4, -0.2) is 24.5 Å². The topological polar surface area (TPSA) is 55.8 Å². The number of benzene rings is 1. The van der Waals surface area contributed by atoms with Crippen molar-refractivity contribution in [2.75, 3.05) is 7.11 Å². The summed E-state index contributed by atoms with van der Waals surface area (Å²) in [6.45, 7) is 0. The molecular formula is C11H7F3O4. The third-order valence-electron chi connectivity index (χ3n) is 1.69. The second kappa shape index (κ2) is 5.31. The first-order valence-corrected chi connectivity index (χ1v) is 4.50. The minimum Gasteiger partial charge on any atom is -0.507 e. The number of halogens is 3. The summed E-state index contributed by atoms with van der Waals surface area (Å²) in [6, 6.07) is 2.80. The zero-order valence-corrected chi connectivity index (χ0v) is 9.04. The molecule has 7 heteroatoms. The van der Waals surface area contributed by atoms with Crippen molar-refractivity contribution in [1.29, 1.82) is 0 Å². The molecule has 18 heavy (non-hydrogen) atoms. The fourth-order valence-corrected chi connectivity index (χ4v) is 0.984. The van der Waals surface area contributed by atoms with Gasteiger partial charge >= 0.3 is 12.3 Å². The van der Waals surface area contributed by atoms with Gasteiger partial charge in [0, 0.05) is 12.0 Å². The molecule has 0 spiro atoms. The van der Waals surface area contributed by atoms with Gasteiger partial charge in [0.05, 0.1) is 12.7 Å². The number of carbonyl (C=O) groups is 1. The number of carbonyl (C=O) groups excluding carboxylic acids is 1. The summed E-state index contributed by atoms with van der Waals surface area (Å²) in [5.41, 5.74) is -0.0186. The number of methoxy groups -OCH3 is 1. The lowest BCUT2D eigenvalue weighted by Crippen LogP contribution is -2.17. The maximum Gasteiger partial charge on any atom is 0.573 e. The molecule has 0 unspecified atom stereocenters. The molecule has 1 aromatic carbocycles. The molecule has 4 nitrogen and oxygen atoms in total. The summed E-state index contributed by atoms with van der Waals surface area (Å²) in [5.74, 6) is 2.32. The predicted molar refractivity (Wildman–Crippen MR) is 53.7 cm³/mol. The summed E-state index contributed by atoms with van der Waals surface area (Å²) < 4.78 is 43.5. The third-order valence-corrected chi connectivity index (χ3v) is 1.69. The molecule has 0 saturated heterocycles. The maximum absolute atomic E-state index is 11.9. The van der Waals surface area contributed by atoms with Crippen LogP contribution in [0.25, 0.3) is 0 Å². The van der Waals surface area contributed by atoms with E-state index in [1.54, 1.807) is 0 Å². The minimum absolute atomic E-state index is 0.0186. The normalized spacial score (nSPS) is 10.2. The highest BCUT2D eigenvalue weighted by atomic mass is 19.4. The van der Waals surface area contributed by atoms with E-state index in [2.05, 4.69) is 15.4 Å². The van der Waals surface area contributed by atoms with E-state index in [0.717, 1.165) is 25.3 Å². The summed E-state index contributed by atoms with van der Waals surface area (Å²) in [7, 11) is 1.12.